The number of hydrogen-bond donors (Lipinski definition) is 1. The molecule has 0 saturated carbocycles. The molecular weight excluding hydrogens is 297 g/mol. The molecule has 0 aliphatic heterocycles. The quantitative estimate of drug-likeness (QED) is 0.930. The lowest BCUT2D eigenvalue weighted by Gasteiger charge is -2.15. The van der Waals surface area contributed by atoms with Gasteiger partial charge in [-0.25, -0.2) is 0 Å². The van der Waals surface area contributed by atoms with E-state index in [1.54, 1.807) is 5.32 Å². The SMILES string of the molecule is C[C@@H](Oc1ccc(C#N)c(Cl)c1)C(=O)NCC(F)(F)F. The Labute approximate surface area is 118 Å². The summed E-state index contributed by atoms with van der Waals surface area (Å²) >= 11 is 5.76. The van der Waals surface area contributed by atoms with Crippen molar-refractivity contribution >= 4 is 17.5 Å². The fourth-order valence-corrected chi connectivity index (χ4v) is 1.46. The summed E-state index contributed by atoms with van der Waals surface area (Å²) in [5.41, 5.74) is 0.230. The van der Waals surface area contributed by atoms with Crippen LogP contribution in [0.2, 0.25) is 5.02 Å². The fourth-order valence-electron chi connectivity index (χ4n) is 1.25. The van der Waals surface area contributed by atoms with E-state index in [1.165, 1.54) is 25.1 Å². The molecule has 0 unspecified atom stereocenters. The molecule has 0 bridgehead atoms. The van der Waals surface area contributed by atoms with Gasteiger partial charge in [-0.3, -0.25) is 4.79 Å². The van der Waals surface area contributed by atoms with Crippen LogP contribution in [-0.4, -0.2) is 24.7 Å². The van der Waals surface area contributed by atoms with Crippen molar-refractivity contribution in [2.45, 2.75) is 19.2 Å². The second-order valence-corrected chi connectivity index (χ2v) is 4.25. The summed E-state index contributed by atoms with van der Waals surface area (Å²) in [4.78, 5) is 11.4. The lowest BCUT2D eigenvalue weighted by Crippen LogP contribution is -2.41. The molecule has 108 valence electrons. The van der Waals surface area contributed by atoms with Gasteiger partial charge >= 0.3 is 6.18 Å². The standard InChI is InChI=1S/C12H10ClF3N2O2/c1-7(11(19)18-6-12(14,15)16)20-9-3-2-8(5-17)10(13)4-9/h2-4,7H,6H2,1H3,(H,18,19)/t7-/m1/s1. The van der Waals surface area contributed by atoms with Crippen LogP contribution in [0.15, 0.2) is 18.2 Å². The maximum Gasteiger partial charge on any atom is 0.405 e. The Hall–Kier alpha value is -1.94. The van der Waals surface area contributed by atoms with Crippen LogP contribution in [0.25, 0.3) is 0 Å². The molecule has 4 nitrogen and oxygen atoms in total. The van der Waals surface area contributed by atoms with E-state index >= 15 is 0 Å². The number of benzene rings is 1. The first-order valence-electron chi connectivity index (χ1n) is 5.43. The van der Waals surface area contributed by atoms with Crippen molar-refractivity contribution < 1.29 is 22.7 Å². The Kier molecular flexibility index (Phi) is 5.22. The first-order valence-corrected chi connectivity index (χ1v) is 5.81. The predicted molar refractivity (Wildman–Crippen MR) is 65.3 cm³/mol. The number of carbonyl (C=O) groups is 1. The summed E-state index contributed by atoms with van der Waals surface area (Å²) in [5, 5.41) is 10.5. The largest absolute Gasteiger partial charge is 0.481 e. The van der Waals surface area contributed by atoms with Crippen molar-refractivity contribution in [2.75, 3.05) is 6.54 Å². The van der Waals surface area contributed by atoms with E-state index < -0.39 is 24.7 Å². The van der Waals surface area contributed by atoms with E-state index in [0.717, 1.165) is 0 Å². The number of nitrogens with zero attached hydrogens (tertiary/aromatic N) is 1. The molecule has 0 aliphatic carbocycles. The van der Waals surface area contributed by atoms with Gasteiger partial charge < -0.3 is 10.1 Å². The highest BCUT2D eigenvalue weighted by molar-refractivity contribution is 6.31. The van der Waals surface area contributed by atoms with Gasteiger partial charge in [0.2, 0.25) is 0 Å². The molecule has 1 aromatic rings. The minimum atomic E-state index is -4.48. The number of ether oxygens (including phenoxy) is 1. The second-order valence-electron chi connectivity index (χ2n) is 3.85. The van der Waals surface area contributed by atoms with Crippen LogP contribution in [0.5, 0.6) is 5.75 Å². The number of rotatable bonds is 4. The number of alkyl halides is 3. The third kappa shape index (κ3) is 4.97. The molecule has 8 heteroatoms. The van der Waals surface area contributed by atoms with Crippen LogP contribution in [-0.2, 0) is 4.79 Å². The van der Waals surface area contributed by atoms with E-state index in [2.05, 4.69) is 0 Å². The third-order valence-electron chi connectivity index (χ3n) is 2.21. The Morgan fingerprint density at radius 1 is 1.55 bits per heavy atom. The summed E-state index contributed by atoms with van der Waals surface area (Å²) in [5.74, 6) is -0.716. The van der Waals surface area contributed by atoms with Crippen LogP contribution in [0.1, 0.15) is 12.5 Å². The number of nitrogens with one attached hydrogen (secondary N) is 1. The number of hydrogen-bond acceptors (Lipinski definition) is 3. The molecule has 0 fully saturated rings. The Bertz CT molecular complexity index is 540. The lowest BCUT2D eigenvalue weighted by molar-refractivity contribution is -0.142. The molecular formula is C12H10ClF3N2O2. The minimum Gasteiger partial charge on any atom is -0.481 e. The van der Waals surface area contributed by atoms with Gasteiger partial charge in [-0.05, 0) is 19.1 Å². The average Bonchev–Trinajstić information content (AvgIpc) is 2.35. The minimum absolute atomic E-state index is 0.132. The molecule has 1 N–H and O–H groups in total. The van der Waals surface area contributed by atoms with Crippen LogP contribution < -0.4 is 10.1 Å². The van der Waals surface area contributed by atoms with Crippen molar-refractivity contribution in [1.82, 2.24) is 5.32 Å². The van der Waals surface area contributed by atoms with E-state index in [9.17, 15) is 18.0 Å². The molecule has 0 saturated heterocycles. The monoisotopic (exact) mass is 306 g/mol. The van der Waals surface area contributed by atoms with Crippen molar-refractivity contribution in [2.24, 2.45) is 0 Å². The number of carbonyl (C=O) groups excluding carboxylic acids is 1. The van der Waals surface area contributed by atoms with Crippen LogP contribution in [0.3, 0.4) is 0 Å². The molecule has 0 spiro atoms. The molecule has 1 aromatic carbocycles. The van der Waals surface area contributed by atoms with Gasteiger partial charge in [0.05, 0.1) is 10.6 Å². The fraction of sp³-hybridized carbons (Fsp3) is 0.333. The maximum absolute atomic E-state index is 11.9. The van der Waals surface area contributed by atoms with E-state index in [1.807, 2.05) is 6.07 Å². The van der Waals surface area contributed by atoms with E-state index in [0.29, 0.717) is 0 Å². The van der Waals surface area contributed by atoms with Gasteiger partial charge in [-0.1, -0.05) is 11.6 Å². The molecule has 1 amide bonds. The van der Waals surface area contributed by atoms with Gasteiger partial charge in [0.25, 0.3) is 5.91 Å². The van der Waals surface area contributed by atoms with Gasteiger partial charge in [0, 0.05) is 6.07 Å². The normalized spacial score (nSPS) is 12.4. The Balaban J connectivity index is 2.62. The van der Waals surface area contributed by atoms with Crippen molar-refractivity contribution in [3.8, 4) is 11.8 Å². The zero-order valence-electron chi connectivity index (χ0n) is 10.3. The number of halogens is 4. The first-order chi connectivity index (χ1) is 9.23. The predicted octanol–water partition coefficient (Wildman–Crippen LogP) is 2.66. The van der Waals surface area contributed by atoms with Crippen molar-refractivity contribution in [3.63, 3.8) is 0 Å². The number of nitriles is 1. The summed E-state index contributed by atoms with van der Waals surface area (Å²) in [6.45, 7) is -0.120. The summed E-state index contributed by atoms with van der Waals surface area (Å²) < 4.78 is 41.0. The zero-order chi connectivity index (χ0) is 15.3. The zero-order valence-corrected chi connectivity index (χ0v) is 11.0. The Morgan fingerprint density at radius 3 is 2.70 bits per heavy atom. The molecule has 0 radical (unpaired) electrons. The van der Waals surface area contributed by atoms with Crippen molar-refractivity contribution in [3.05, 3.63) is 28.8 Å². The van der Waals surface area contributed by atoms with Crippen LogP contribution >= 0.6 is 11.6 Å². The highest BCUT2D eigenvalue weighted by Gasteiger charge is 2.29. The molecule has 0 heterocycles. The third-order valence-corrected chi connectivity index (χ3v) is 2.52. The highest BCUT2D eigenvalue weighted by Crippen LogP contribution is 2.22. The van der Waals surface area contributed by atoms with E-state index in [-0.39, 0.29) is 16.3 Å². The summed E-state index contributed by atoms with van der Waals surface area (Å²) in [6, 6.07) is 5.94. The van der Waals surface area contributed by atoms with Gasteiger partial charge in [0.1, 0.15) is 18.4 Å². The lowest BCUT2D eigenvalue weighted by atomic mass is 10.2. The van der Waals surface area contributed by atoms with Crippen LogP contribution in [0.4, 0.5) is 13.2 Å². The average molecular weight is 307 g/mol. The topological polar surface area (TPSA) is 62.1 Å². The number of amides is 1. The molecule has 0 aliphatic rings. The second kappa shape index (κ2) is 6.48. The first kappa shape index (κ1) is 16.1. The van der Waals surface area contributed by atoms with Crippen LogP contribution in [0, 0.1) is 11.3 Å². The van der Waals surface area contributed by atoms with Gasteiger partial charge in [0.15, 0.2) is 6.10 Å². The van der Waals surface area contributed by atoms with Crippen molar-refractivity contribution in [1.29, 1.82) is 5.26 Å². The van der Waals surface area contributed by atoms with E-state index in [4.69, 9.17) is 21.6 Å². The summed E-state index contributed by atoms with van der Waals surface area (Å²) in [6.07, 6.45) is -5.60. The molecule has 1 rings (SSSR count). The van der Waals surface area contributed by atoms with Gasteiger partial charge in [-0.2, -0.15) is 18.4 Å². The smallest absolute Gasteiger partial charge is 0.405 e. The molecule has 1 atom stereocenters. The van der Waals surface area contributed by atoms with Gasteiger partial charge in [-0.15, -0.1) is 0 Å². The highest BCUT2D eigenvalue weighted by atomic mass is 35.5. The molecule has 20 heavy (non-hydrogen) atoms. The Morgan fingerprint density at radius 2 is 2.20 bits per heavy atom. The maximum atomic E-state index is 11.9. The summed E-state index contributed by atoms with van der Waals surface area (Å²) in [7, 11) is 0. The molecule has 0 aromatic heterocycles.